The van der Waals surface area contributed by atoms with Crippen LogP contribution in [0.1, 0.15) is 36.6 Å². The average Bonchev–Trinajstić information content (AvgIpc) is 3.54. The van der Waals surface area contributed by atoms with Crippen LogP contribution in [0.15, 0.2) is 46.7 Å². The summed E-state index contributed by atoms with van der Waals surface area (Å²) in [6.45, 7) is 3.31. The lowest BCUT2D eigenvalue weighted by Crippen LogP contribution is -2.42. The molecule has 1 aromatic heterocycles. The summed E-state index contributed by atoms with van der Waals surface area (Å²) in [6.07, 6.45) is 3.16. The molecule has 1 aliphatic carbocycles. The van der Waals surface area contributed by atoms with Crippen molar-refractivity contribution in [2.75, 3.05) is 7.11 Å². The van der Waals surface area contributed by atoms with E-state index in [4.69, 9.17) is 4.74 Å². The number of allylic oxidation sites excluding steroid dienone is 1. The first-order valence-electron chi connectivity index (χ1n) is 9.52. The molecule has 0 spiro atoms. The number of esters is 1. The second-order valence-corrected chi connectivity index (χ2v) is 7.68. The number of carbonyl (C=O) groups is 1. The van der Waals surface area contributed by atoms with Crippen molar-refractivity contribution in [3.63, 3.8) is 0 Å². The molecule has 2 heterocycles. The van der Waals surface area contributed by atoms with Gasteiger partial charge in [0.25, 0.3) is 0 Å². The molecule has 5 nitrogen and oxygen atoms in total. The molecule has 1 atom stereocenters. The van der Waals surface area contributed by atoms with Gasteiger partial charge in [-0.1, -0.05) is 6.07 Å². The molecular weight excluding hydrogens is 395 g/mol. The van der Waals surface area contributed by atoms with Gasteiger partial charge >= 0.3 is 5.97 Å². The minimum Gasteiger partial charge on any atom is -0.466 e. The molecule has 30 heavy (non-hydrogen) atoms. The third kappa shape index (κ3) is 3.36. The van der Waals surface area contributed by atoms with Gasteiger partial charge < -0.3 is 10.1 Å². The van der Waals surface area contributed by atoms with E-state index in [1.807, 2.05) is 0 Å². The van der Waals surface area contributed by atoms with Gasteiger partial charge in [0.2, 0.25) is 0 Å². The van der Waals surface area contributed by atoms with Crippen LogP contribution in [0.25, 0.3) is 0 Å². The van der Waals surface area contributed by atoms with Crippen molar-refractivity contribution in [1.29, 1.82) is 0 Å². The number of hydrogen-bond donors (Lipinski definition) is 1. The number of carbonyl (C=O) groups excluding carboxylic acids is 1. The minimum atomic E-state index is -1.43. The van der Waals surface area contributed by atoms with Gasteiger partial charge in [-0.2, -0.15) is 0 Å². The fourth-order valence-corrected chi connectivity index (χ4v) is 3.68. The maximum absolute atomic E-state index is 14.7. The van der Waals surface area contributed by atoms with E-state index in [0.717, 1.165) is 25.0 Å². The fourth-order valence-electron chi connectivity index (χ4n) is 3.68. The number of nitrogens with one attached hydrogen (secondary N) is 1. The number of aliphatic imine (C=N–C) groups is 1. The number of hydrogen-bond acceptors (Lipinski definition) is 5. The third-order valence-electron chi connectivity index (χ3n) is 5.40. The summed E-state index contributed by atoms with van der Waals surface area (Å²) in [5.74, 6) is -3.15. The van der Waals surface area contributed by atoms with Crippen LogP contribution in [0.4, 0.5) is 13.2 Å². The zero-order valence-electron chi connectivity index (χ0n) is 16.7. The van der Waals surface area contributed by atoms with Crippen molar-refractivity contribution in [2.45, 2.75) is 32.2 Å². The van der Waals surface area contributed by atoms with Gasteiger partial charge in [0.15, 0.2) is 23.3 Å². The van der Waals surface area contributed by atoms with Gasteiger partial charge in [-0.25, -0.2) is 27.9 Å². The Morgan fingerprint density at radius 2 is 1.90 bits per heavy atom. The van der Waals surface area contributed by atoms with Gasteiger partial charge in [0.05, 0.1) is 12.7 Å². The van der Waals surface area contributed by atoms with Crippen molar-refractivity contribution in [1.82, 2.24) is 10.3 Å². The molecule has 1 fully saturated rings. The summed E-state index contributed by atoms with van der Waals surface area (Å²) in [4.78, 5) is 21.5. The van der Waals surface area contributed by atoms with E-state index in [0.29, 0.717) is 11.3 Å². The summed E-state index contributed by atoms with van der Waals surface area (Å²) in [5.41, 5.74) is 0.168. The lowest BCUT2D eigenvalue weighted by molar-refractivity contribution is -0.137. The largest absolute Gasteiger partial charge is 0.466 e. The van der Waals surface area contributed by atoms with Crippen LogP contribution in [0.2, 0.25) is 0 Å². The van der Waals surface area contributed by atoms with Gasteiger partial charge in [-0.15, -0.1) is 0 Å². The van der Waals surface area contributed by atoms with Crippen LogP contribution >= 0.6 is 0 Å². The molecular formula is C22H20F3N3O2. The number of nitrogens with zero attached hydrogens (tertiary/aromatic N) is 2. The number of pyridine rings is 1. The van der Waals surface area contributed by atoms with E-state index in [1.54, 1.807) is 13.8 Å². The second-order valence-electron chi connectivity index (χ2n) is 7.68. The predicted molar refractivity (Wildman–Crippen MR) is 104 cm³/mol. The number of ether oxygens (including phenoxy) is 1. The molecule has 0 bridgehead atoms. The van der Waals surface area contributed by atoms with Crippen LogP contribution < -0.4 is 5.32 Å². The standard InChI is InChI=1S/C22H20F3N3O2/c1-11-8-16(25)19(26-10-11)20-27-18(12-4-5-12)17(21(29)30-3)22(2,28-20)13-6-7-14(23)15(24)9-13/h6-10,12H,4-5H2,1-3H3,(H,27,28). The first-order chi connectivity index (χ1) is 14.2. The molecule has 1 aromatic carbocycles. The second kappa shape index (κ2) is 7.27. The van der Waals surface area contributed by atoms with E-state index in [9.17, 15) is 18.0 Å². The predicted octanol–water partition coefficient (Wildman–Crippen LogP) is 3.91. The van der Waals surface area contributed by atoms with Gasteiger partial charge in [-0.05, 0) is 61.9 Å². The Kier molecular flexibility index (Phi) is 4.88. The molecule has 2 aliphatic rings. The summed E-state index contributed by atoms with van der Waals surface area (Å²) < 4.78 is 47.3. The van der Waals surface area contributed by atoms with Crippen LogP contribution in [0.5, 0.6) is 0 Å². The molecule has 1 saturated carbocycles. The quantitative estimate of drug-likeness (QED) is 0.770. The molecule has 4 rings (SSSR count). The number of halogens is 3. The van der Waals surface area contributed by atoms with Crippen LogP contribution in [0, 0.1) is 30.3 Å². The van der Waals surface area contributed by atoms with Crippen molar-refractivity contribution < 1.29 is 22.7 Å². The van der Waals surface area contributed by atoms with Crippen LogP contribution in [-0.4, -0.2) is 23.9 Å². The number of aryl methyl sites for hydroxylation is 1. The normalized spacial score (nSPS) is 21.2. The number of benzene rings is 1. The maximum atomic E-state index is 14.7. The van der Waals surface area contributed by atoms with Crippen LogP contribution in [0.3, 0.4) is 0 Å². The van der Waals surface area contributed by atoms with Gasteiger partial charge in [0, 0.05) is 11.9 Å². The van der Waals surface area contributed by atoms with E-state index < -0.39 is 29.0 Å². The number of methoxy groups -OCH3 is 1. The minimum absolute atomic E-state index is 0.0172. The highest BCUT2D eigenvalue weighted by Gasteiger charge is 2.46. The highest BCUT2D eigenvalue weighted by Crippen LogP contribution is 2.46. The molecule has 156 valence electrons. The molecule has 0 saturated heterocycles. The van der Waals surface area contributed by atoms with Crippen LogP contribution in [-0.2, 0) is 15.1 Å². The lowest BCUT2D eigenvalue weighted by atomic mass is 9.81. The smallest absolute Gasteiger partial charge is 0.338 e. The van der Waals surface area contributed by atoms with Crippen molar-refractivity contribution in [3.8, 4) is 0 Å². The first-order valence-corrected chi connectivity index (χ1v) is 9.52. The Labute approximate surface area is 171 Å². The zero-order valence-corrected chi connectivity index (χ0v) is 16.7. The topological polar surface area (TPSA) is 63.6 Å². The Morgan fingerprint density at radius 3 is 2.50 bits per heavy atom. The Balaban J connectivity index is 1.96. The lowest BCUT2D eigenvalue weighted by Gasteiger charge is -2.35. The monoisotopic (exact) mass is 415 g/mol. The fraction of sp³-hybridized carbons (Fsp3) is 0.318. The van der Waals surface area contributed by atoms with Crippen molar-refractivity contribution in [3.05, 3.63) is 76.0 Å². The molecule has 2 aromatic rings. The molecule has 8 heteroatoms. The van der Waals surface area contributed by atoms with Gasteiger partial charge in [-0.3, -0.25) is 0 Å². The molecule has 0 radical (unpaired) electrons. The van der Waals surface area contributed by atoms with E-state index >= 15 is 0 Å². The maximum Gasteiger partial charge on any atom is 0.338 e. The molecule has 0 amide bonds. The average molecular weight is 415 g/mol. The van der Waals surface area contributed by atoms with Crippen molar-refractivity contribution >= 4 is 11.8 Å². The SMILES string of the molecule is COC(=O)C1=C(C2CC2)NC(c2ncc(C)cc2F)=NC1(C)c1ccc(F)c(F)c1. The zero-order chi connectivity index (χ0) is 21.6. The Morgan fingerprint density at radius 1 is 1.17 bits per heavy atom. The summed E-state index contributed by atoms with van der Waals surface area (Å²) in [6, 6.07) is 4.66. The van der Waals surface area contributed by atoms with Crippen molar-refractivity contribution in [2.24, 2.45) is 10.9 Å². The summed E-state index contributed by atoms with van der Waals surface area (Å²) in [5, 5.41) is 3.07. The molecule has 1 N–H and O–H groups in total. The number of aromatic nitrogens is 1. The summed E-state index contributed by atoms with van der Waals surface area (Å²) in [7, 11) is 1.24. The van der Waals surface area contributed by atoms with E-state index in [1.165, 1.54) is 25.4 Å². The highest BCUT2D eigenvalue weighted by molar-refractivity contribution is 6.03. The van der Waals surface area contributed by atoms with E-state index in [2.05, 4.69) is 15.3 Å². The summed E-state index contributed by atoms with van der Waals surface area (Å²) >= 11 is 0. The number of amidine groups is 1. The first kappa shape index (κ1) is 20.1. The third-order valence-corrected chi connectivity index (χ3v) is 5.40. The number of rotatable bonds is 4. The molecule has 1 unspecified atom stereocenters. The highest BCUT2D eigenvalue weighted by atomic mass is 19.2. The Bertz CT molecular complexity index is 1110. The van der Waals surface area contributed by atoms with E-state index in [-0.39, 0.29) is 28.6 Å². The Hall–Kier alpha value is -3.16. The van der Waals surface area contributed by atoms with Gasteiger partial charge in [0.1, 0.15) is 11.2 Å². The molecule has 1 aliphatic heterocycles.